The quantitative estimate of drug-likeness (QED) is 0.722. The van der Waals surface area contributed by atoms with E-state index in [1.807, 2.05) is 18.2 Å². The lowest BCUT2D eigenvalue weighted by atomic mass is 10.1. The molecule has 1 aromatic carbocycles. The van der Waals surface area contributed by atoms with E-state index in [4.69, 9.17) is 0 Å². The smallest absolute Gasteiger partial charge is 0.244 e. The van der Waals surface area contributed by atoms with E-state index >= 15 is 0 Å². The Labute approximate surface area is 80.4 Å². The molecule has 0 aromatic heterocycles. The Morgan fingerprint density at radius 1 is 1.29 bits per heavy atom. The number of fused-ring (bicyclic) bond motifs is 1. The molecule has 0 N–H and O–H groups in total. The number of para-hydroxylation sites is 1. The molecule has 0 aliphatic carbocycles. The molecule has 1 aliphatic rings. The molecule has 0 fully saturated rings. The molecule has 0 bridgehead atoms. The van der Waals surface area contributed by atoms with Crippen molar-refractivity contribution in [1.82, 2.24) is 0 Å². The second kappa shape index (κ2) is 3.75. The van der Waals surface area contributed by atoms with Crippen molar-refractivity contribution < 1.29 is 13.6 Å². The maximum Gasteiger partial charge on any atom is 0.364 e. The van der Waals surface area contributed by atoms with Crippen LogP contribution in [-0.2, 0) is 4.84 Å². The van der Waals surface area contributed by atoms with Crippen LogP contribution in [0.25, 0.3) is 6.08 Å². The SMILES string of the molecule is FC(F)ON1CC=Cc2ccccc21. The molecule has 0 atom stereocenters. The number of hydrogen-bond acceptors (Lipinski definition) is 2. The van der Waals surface area contributed by atoms with Gasteiger partial charge in [0.05, 0.1) is 12.2 Å². The van der Waals surface area contributed by atoms with Crippen molar-refractivity contribution >= 4 is 11.8 Å². The highest BCUT2D eigenvalue weighted by molar-refractivity contribution is 5.69. The molecule has 0 radical (unpaired) electrons. The zero-order valence-electron chi connectivity index (χ0n) is 7.36. The number of benzene rings is 1. The average Bonchev–Trinajstić information content (AvgIpc) is 2.18. The molecule has 14 heavy (non-hydrogen) atoms. The number of rotatable bonds is 2. The van der Waals surface area contributed by atoms with Gasteiger partial charge in [-0.25, -0.2) is 9.90 Å². The molecular weight excluding hydrogens is 188 g/mol. The lowest BCUT2D eigenvalue weighted by Gasteiger charge is -2.26. The first-order chi connectivity index (χ1) is 6.77. The second-order valence-electron chi connectivity index (χ2n) is 2.89. The van der Waals surface area contributed by atoms with Crippen LogP contribution in [0.2, 0.25) is 0 Å². The normalized spacial score (nSPS) is 14.6. The van der Waals surface area contributed by atoms with E-state index in [2.05, 4.69) is 4.84 Å². The number of hydroxylamine groups is 1. The molecule has 0 saturated carbocycles. The fraction of sp³-hybridized carbons (Fsp3) is 0.200. The van der Waals surface area contributed by atoms with Crippen molar-refractivity contribution in [2.75, 3.05) is 11.6 Å². The minimum absolute atomic E-state index is 0.349. The molecule has 4 heteroatoms. The molecular formula is C10H9F2NO. The van der Waals surface area contributed by atoms with Gasteiger partial charge in [-0.3, -0.25) is 0 Å². The first kappa shape index (κ1) is 9.15. The first-order valence-corrected chi connectivity index (χ1v) is 4.25. The predicted octanol–water partition coefficient (Wildman–Crippen LogP) is 2.67. The van der Waals surface area contributed by atoms with Crippen LogP contribution in [0, 0.1) is 0 Å². The number of alkyl halides is 2. The third-order valence-corrected chi connectivity index (χ3v) is 1.98. The van der Waals surface area contributed by atoms with Gasteiger partial charge in [0.1, 0.15) is 0 Å². The van der Waals surface area contributed by atoms with Crippen LogP contribution in [0.15, 0.2) is 30.3 Å². The van der Waals surface area contributed by atoms with Crippen molar-refractivity contribution in [3.05, 3.63) is 35.9 Å². The van der Waals surface area contributed by atoms with Gasteiger partial charge in [0, 0.05) is 0 Å². The highest BCUT2D eigenvalue weighted by atomic mass is 19.3. The Kier molecular flexibility index (Phi) is 2.45. The minimum Gasteiger partial charge on any atom is -0.244 e. The van der Waals surface area contributed by atoms with Gasteiger partial charge in [-0.1, -0.05) is 30.4 Å². The lowest BCUT2D eigenvalue weighted by Crippen LogP contribution is -2.28. The van der Waals surface area contributed by atoms with Crippen LogP contribution < -0.4 is 5.06 Å². The third kappa shape index (κ3) is 1.75. The maximum absolute atomic E-state index is 12.0. The van der Waals surface area contributed by atoms with Gasteiger partial charge in [0.2, 0.25) is 0 Å². The van der Waals surface area contributed by atoms with Gasteiger partial charge < -0.3 is 0 Å². The molecule has 1 aromatic rings. The van der Waals surface area contributed by atoms with Crippen LogP contribution in [0.3, 0.4) is 0 Å². The summed E-state index contributed by atoms with van der Waals surface area (Å²) in [7, 11) is 0. The summed E-state index contributed by atoms with van der Waals surface area (Å²) in [5.74, 6) is 0. The fourth-order valence-corrected chi connectivity index (χ4v) is 1.43. The summed E-state index contributed by atoms with van der Waals surface area (Å²) in [5.41, 5.74) is 1.56. The number of anilines is 1. The topological polar surface area (TPSA) is 12.5 Å². The Bertz CT molecular complexity index is 352. The highest BCUT2D eigenvalue weighted by Crippen LogP contribution is 2.26. The van der Waals surface area contributed by atoms with Crippen molar-refractivity contribution in [1.29, 1.82) is 0 Å². The predicted molar refractivity (Wildman–Crippen MR) is 49.9 cm³/mol. The lowest BCUT2D eigenvalue weighted by molar-refractivity contribution is -0.137. The van der Waals surface area contributed by atoms with E-state index in [0.29, 0.717) is 12.2 Å². The van der Waals surface area contributed by atoms with Gasteiger partial charge in [-0.15, -0.1) is 0 Å². The van der Waals surface area contributed by atoms with E-state index in [1.165, 1.54) is 5.06 Å². The van der Waals surface area contributed by atoms with E-state index in [0.717, 1.165) is 5.56 Å². The summed E-state index contributed by atoms with van der Waals surface area (Å²) in [4.78, 5) is 4.37. The zero-order chi connectivity index (χ0) is 9.97. The summed E-state index contributed by atoms with van der Waals surface area (Å²) in [6.45, 7) is -2.43. The molecule has 0 spiro atoms. The molecule has 0 saturated heterocycles. The number of nitrogens with zero attached hydrogens (tertiary/aromatic N) is 1. The van der Waals surface area contributed by atoms with E-state index < -0.39 is 6.61 Å². The Balaban J connectivity index is 2.27. The molecule has 1 aliphatic heterocycles. The molecule has 2 nitrogen and oxygen atoms in total. The van der Waals surface area contributed by atoms with Crippen LogP contribution in [0.5, 0.6) is 0 Å². The van der Waals surface area contributed by atoms with E-state index in [-0.39, 0.29) is 0 Å². The van der Waals surface area contributed by atoms with Crippen molar-refractivity contribution in [2.24, 2.45) is 0 Å². The van der Waals surface area contributed by atoms with Gasteiger partial charge >= 0.3 is 6.61 Å². The Morgan fingerprint density at radius 2 is 2.07 bits per heavy atom. The summed E-state index contributed by atoms with van der Waals surface area (Å²) in [6, 6.07) is 7.25. The summed E-state index contributed by atoms with van der Waals surface area (Å²) in [6.07, 6.45) is 3.67. The van der Waals surface area contributed by atoms with Crippen LogP contribution in [0.4, 0.5) is 14.5 Å². The van der Waals surface area contributed by atoms with Crippen molar-refractivity contribution in [2.45, 2.75) is 6.61 Å². The van der Waals surface area contributed by atoms with Gasteiger partial charge in [0.25, 0.3) is 0 Å². The summed E-state index contributed by atoms with van der Waals surface area (Å²) < 4.78 is 24.1. The summed E-state index contributed by atoms with van der Waals surface area (Å²) >= 11 is 0. The molecule has 1 heterocycles. The van der Waals surface area contributed by atoms with E-state index in [1.54, 1.807) is 18.2 Å². The summed E-state index contributed by atoms with van der Waals surface area (Å²) in [5, 5.41) is 1.19. The number of hydrogen-bond donors (Lipinski definition) is 0. The standard InChI is InChI=1S/C10H9F2NO/c11-10(12)14-13-7-3-5-8-4-1-2-6-9(8)13/h1-6,10H,7H2. The third-order valence-electron chi connectivity index (χ3n) is 1.98. The molecule has 0 amide bonds. The van der Waals surface area contributed by atoms with Gasteiger partial charge in [-0.05, 0) is 11.6 Å². The Hall–Kier alpha value is -1.42. The molecule has 0 unspecified atom stereocenters. The highest BCUT2D eigenvalue weighted by Gasteiger charge is 2.16. The first-order valence-electron chi connectivity index (χ1n) is 4.25. The largest absolute Gasteiger partial charge is 0.364 e. The van der Waals surface area contributed by atoms with Crippen LogP contribution in [-0.4, -0.2) is 13.2 Å². The second-order valence-corrected chi connectivity index (χ2v) is 2.89. The zero-order valence-corrected chi connectivity index (χ0v) is 7.36. The average molecular weight is 197 g/mol. The van der Waals surface area contributed by atoms with Gasteiger partial charge in [0.15, 0.2) is 0 Å². The van der Waals surface area contributed by atoms with Crippen LogP contribution >= 0.6 is 0 Å². The number of halogens is 2. The van der Waals surface area contributed by atoms with Crippen molar-refractivity contribution in [3.63, 3.8) is 0 Å². The maximum atomic E-state index is 12.0. The monoisotopic (exact) mass is 197 g/mol. The van der Waals surface area contributed by atoms with Gasteiger partial charge in [-0.2, -0.15) is 8.78 Å². The minimum atomic E-state index is -2.78. The molecule has 74 valence electrons. The molecule has 2 rings (SSSR count). The van der Waals surface area contributed by atoms with Crippen molar-refractivity contribution in [3.8, 4) is 0 Å². The van der Waals surface area contributed by atoms with Crippen LogP contribution in [0.1, 0.15) is 5.56 Å². The van der Waals surface area contributed by atoms with E-state index in [9.17, 15) is 8.78 Å². The fourth-order valence-electron chi connectivity index (χ4n) is 1.43. The Morgan fingerprint density at radius 3 is 2.86 bits per heavy atom.